The standard InChI is InChI=1S/C22H16O3/c1-24-18-10-7-16(8-11-18)21-14-20(15-5-3-2-4-6-15)19-12-9-17(23)13-22(19)25-21/h2-14H,1H3/p+1. The van der Waals surface area contributed by atoms with Gasteiger partial charge in [-0.3, -0.25) is 0 Å². The molecule has 0 spiro atoms. The highest BCUT2D eigenvalue weighted by atomic mass is 16.5. The van der Waals surface area contributed by atoms with Crippen LogP contribution in [0.5, 0.6) is 11.5 Å². The van der Waals surface area contributed by atoms with Gasteiger partial charge in [-0.1, -0.05) is 30.3 Å². The van der Waals surface area contributed by atoms with Crippen LogP contribution in [0.15, 0.2) is 83.3 Å². The van der Waals surface area contributed by atoms with Gasteiger partial charge in [-0.15, -0.1) is 0 Å². The minimum absolute atomic E-state index is 0.183. The predicted molar refractivity (Wildman–Crippen MR) is 99.7 cm³/mol. The Hall–Kier alpha value is -3.33. The molecule has 1 heterocycles. The van der Waals surface area contributed by atoms with Crippen LogP contribution in [0.3, 0.4) is 0 Å². The number of aromatic hydroxyl groups is 1. The monoisotopic (exact) mass is 329 g/mol. The molecule has 0 aliphatic carbocycles. The van der Waals surface area contributed by atoms with Crippen LogP contribution in [-0.2, 0) is 0 Å². The topological polar surface area (TPSA) is 40.8 Å². The van der Waals surface area contributed by atoms with Crippen LogP contribution in [0.2, 0.25) is 0 Å². The average molecular weight is 329 g/mol. The van der Waals surface area contributed by atoms with E-state index < -0.39 is 0 Å². The average Bonchev–Trinajstić information content (AvgIpc) is 2.67. The van der Waals surface area contributed by atoms with Gasteiger partial charge in [0.25, 0.3) is 0 Å². The summed E-state index contributed by atoms with van der Waals surface area (Å²) >= 11 is 0. The molecule has 122 valence electrons. The molecule has 0 fully saturated rings. The number of phenols is 1. The maximum atomic E-state index is 9.84. The fraction of sp³-hybridized carbons (Fsp3) is 0.0455. The van der Waals surface area contributed by atoms with Gasteiger partial charge in [0.2, 0.25) is 0 Å². The molecule has 0 bridgehead atoms. The van der Waals surface area contributed by atoms with Crippen LogP contribution in [0.1, 0.15) is 0 Å². The van der Waals surface area contributed by atoms with Gasteiger partial charge in [-0.2, -0.15) is 0 Å². The van der Waals surface area contributed by atoms with E-state index in [4.69, 9.17) is 9.15 Å². The molecule has 25 heavy (non-hydrogen) atoms. The van der Waals surface area contributed by atoms with Crippen LogP contribution in [0, 0.1) is 0 Å². The third-order valence-electron chi connectivity index (χ3n) is 4.21. The highest BCUT2D eigenvalue weighted by Crippen LogP contribution is 2.35. The highest BCUT2D eigenvalue weighted by molar-refractivity contribution is 5.95. The summed E-state index contributed by atoms with van der Waals surface area (Å²) in [5.74, 6) is 1.72. The SMILES string of the molecule is COc1ccc(-c2cc(-c3ccccc3)c3ccc(O)cc3[o+]2)cc1. The summed E-state index contributed by atoms with van der Waals surface area (Å²) in [6.45, 7) is 0. The van der Waals surface area contributed by atoms with Gasteiger partial charge in [0.15, 0.2) is 0 Å². The Labute approximate surface area is 145 Å². The number of fused-ring (bicyclic) bond motifs is 1. The predicted octanol–water partition coefficient (Wildman–Crippen LogP) is 5.76. The molecule has 3 aromatic carbocycles. The molecule has 4 aromatic rings. The molecule has 0 aliphatic heterocycles. The van der Waals surface area contributed by atoms with Gasteiger partial charge in [0, 0.05) is 5.56 Å². The Morgan fingerprint density at radius 3 is 2.28 bits per heavy atom. The van der Waals surface area contributed by atoms with Crippen molar-refractivity contribution < 1.29 is 14.3 Å². The molecule has 3 nitrogen and oxygen atoms in total. The number of phenolic OH excluding ortho intramolecular Hbond substituents is 1. The van der Waals surface area contributed by atoms with Gasteiger partial charge in [0.1, 0.15) is 11.5 Å². The van der Waals surface area contributed by atoms with Crippen LogP contribution in [-0.4, -0.2) is 12.2 Å². The number of benzene rings is 3. The fourth-order valence-corrected chi connectivity index (χ4v) is 2.93. The van der Waals surface area contributed by atoms with Crippen molar-refractivity contribution in [1.29, 1.82) is 0 Å². The number of methoxy groups -OCH3 is 1. The lowest BCUT2D eigenvalue weighted by molar-refractivity contribution is 0.415. The summed E-state index contributed by atoms with van der Waals surface area (Å²) in [4.78, 5) is 0. The zero-order valence-electron chi connectivity index (χ0n) is 13.8. The summed E-state index contributed by atoms with van der Waals surface area (Å²) in [5.41, 5.74) is 3.76. The maximum Gasteiger partial charge on any atom is 0.365 e. The summed E-state index contributed by atoms with van der Waals surface area (Å²) in [5, 5.41) is 10.8. The molecule has 0 aliphatic rings. The van der Waals surface area contributed by atoms with E-state index in [1.165, 1.54) is 0 Å². The second-order valence-electron chi connectivity index (χ2n) is 5.80. The minimum Gasteiger partial charge on any atom is -0.508 e. The van der Waals surface area contributed by atoms with E-state index in [0.717, 1.165) is 33.6 Å². The van der Waals surface area contributed by atoms with Gasteiger partial charge in [-0.25, -0.2) is 4.42 Å². The van der Waals surface area contributed by atoms with Crippen molar-refractivity contribution in [2.45, 2.75) is 0 Å². The molecule has 0 saturated carbocycles. The fourth-order valence-electron chi connectivity index (χ4n) is 2.93. The van der Waals surface area contributed by atoms with Gasteiger partial charge >= 0.3 is 11.3 Å². The van der Waals surface area contributed by atoms with Crippen molar-refractivity contribution in [2.24, 2.45) is 0 Å². The normalized spacial score (nSPS) is 10.8. The zero-order valence-corrected chi connectivity index (χ0v) is 13.8. The smallest absolute Gasteiger partial charge is 0.365 e. The first kappa shape index (κ1) is 15.2. The molecule has 3 heteroatoms. The second kappa shape index (κ2) is 6.29. The third kappa shape index (κ3) is 2.92. The molecule has 0 atom stereocenters. The van der Waals surface area contributed by atoms with E-state index in [0.29, 0.717) is 5.58 Å². The van der Waals surface area contributed by atoms with Gasteiger partial charge < -0.3 is 9.84 Å². The van der Waals surface area contributed by atoms with Crippen LogP contribution in [0.4, 0.5) is 0 Å². The number of hydrogen-bond acceptors (Lipinski definition) is 2. The first-order valence-electron chi connectivity index (χ1n) is 8.04. The Morgan fingerprint density at radius 1 is 0.800 bits per heavy atom. The third-order valence-corrected chi connectivity index (χ3v) is 4.21. The molecule has 1 N–H and O–H groups in total. The minimum atomic E-state index is 0.183. The van der Waals surface area contributed by atoms with Crippen LogP contribution < -0.4 is 4.74 Å². The van der Waals surface area contributed by atoms with Gasteiger partial charge in [0.05, 0.1) is 30.2 Å². The summed E-state index contributed by atoms with van der Waals surface area (Å²) < 4.78 is 11.3. The molecule has 0 saturated heterocycles. The van der Waals surface area contributed by atoms with Gasteiger partial charge in [-0.05, 0) is 42.0 Å². The summed E-state index contributed by atoms with van der Waals surface area (Å²) in [6, 6.07) is 25.1. The second-order valence-corrected chi connectivity index (χ2v) is 5.80. The van der Waals surface area contributed by atoms with E-state index in [-0.39, 0.29) is 5.75 Å². The molecule has 4 rings (SSSR count). The zero-order chi connectivity index (χ0) is 17.2. The van der Waals surface area contributed by atoms with Crippen molar-refractivity contribution >= 4 is 11.0 Å². The van der Waals surface area contributed by atoms with Crippen molar-refractivity contribution in [2.75, 3.05) is 7.11 Å². The lowest BCUT2D eigenvalue weighted by Crippen LogP contribution is -1.86. The Morgan fingerprint density at radius 2 is 1.56 bits per heavy atom. The summed E-state index contributed by atoms with van der Waals surface area (Å²) in [7, 11) is 1.64. The number of ether oxygens (including phenoxy) is 1. The molecule has 1 aromatic heterocycles. The van der Waals surface area contributed by atoms with Crippen molar-refractivity contribution in [3.05, 3.63) is 78.9 Å². The first-order chi connectivity index (χ1) is 12.2. The Bertz CT molecular complexity index is 1020. The van der Waals surface area contributed by atoms with Crippen molar-refractivity contribution in [1.82, 2.24) is 0 Å². The van der Waals surface area contributed by atoms with Crippen LogP contribution >= 0.6 is 0 Å². The summed E-state index contributed by atoms with van der Waals surface area (Å²) in [6.07, 6.45) is 0. The molecule has 0 amide bonds. The Kier molecular flexibility index (Phi) is 3.82. The largest absolute Gasteiger partial charge is 0.508 e. The lowest BCUT2D eigenvalue weighted by Gasteiger charge is -2.04. The molecule has 0 radical (unpaired) electrons. The van der Waals surface area contributed by atoms with E-state index in [1.54, 1.807) is 19.2 Å². The first-order valence-corrected chi connectivity index (χ1v) is 8.04. The van der Waals surface area contributed by atoms with E-state index in [1.807, 2.05) is 54.6 Å². The van der Waals surface area contributed by atoms with E-state index in [9.17, 15) is 5.11 Å². The molecule has 0 unspecified atom stereocenters. The van der Waals surface area contributed by atoms with E-state index in [2.05, 4.69) is 12.1 Å². The highest BCUT2D eigenvalue weighted by Gasteiger charge is 2.20. The van der Waals surface area contributed by atoms with Crippen LogP contribution in [0.25, 0.3) is 33.4 Å². The van der Waals surface area contributed by atoms with E-state index >= 15 is 0 Å². The van der Waals surface area contributed by atoms with Crippen molar-refractivity contribution in [3.8, 4) is 33.9 Å². The molecular formula is C22H17O3+. The number of rotatable bonds is 3. The maximum absolute atomic E-state index is 9.84. The molecular weight excluding hydrogens is 312 g/mol. The lowest BCUT2D eigenvalue weighted by atomic mass is 9.99. The van der Waals surface area contributed by atoms with Crippen molar-refractivity contribution in [3.63, 3.8) is 0 Å². The number of hydrogen-bond donors (Lipinski definition) is 1. The Balaban J connectivity index is 1.96. The quantitative estimate of drug-likeness (QED) is 0.486.